The molecule has 0 bridgehead atoms. The van der Waals surface area contributed by atoms with Gasteiger partial charge in [-0.15, -0.1) is 0 Å². The van der Waals surface area contributed by atoms with Gasteiger partial charge in [0.15, 0.2) is 11.5 Å². The molecule has 6 heteroatoms. The molecule has 1 fully saturated rings. The molecule has 0 heterocycles. The molecule has 1 atom stereocenters. The minimum atomic E-state index is -0.850. The van der Waals surface area contributed by atoms with Crippen LogP contribution < -0.4 is 14.8 Å². The van der Waals surface area contributed by atoms with E-state index in [0.29, 0.717) is 17.9 Å². The fourth-order valence-corrected chi connectivity index (χ4v) is 3.53. The quantitative estimate of drug-likeness (QED) is 0.754. The predicted molar refractivity (Wildman–Crippen MR) is 94.2 cm³/mol. The molecule has 25 heavy (non-hydrogen) atoms. The van der Waals surface area contributed by atoms with Crippen molar-refractivity contribution in [1.29, 1.82) is 0 Å². The van der Waals surface area contributed by atoms with E-state index < -0.39 is 11.4 Å². The van der Waals surface area contributed by atoms with Crippen LogP contribution >= 0.6 is 0 Å². The SMILES string of the molecule is COc1ccc(C2(C(=O)NC(C)CCC(=O)O)CCCC2)cc1OC. The number of benzene rings is 1. The average Bonchev–Trinajstić information content (AvgIpc) is 3.10. The first kappa shape index (κ1) is 19.1. The van der Waals surface area contributed by atoms with Crippen molar-refractivity contribution in [3.8, 4) is 11.5 Å². The second kappa shape index (κ2) is 8.23. The highest BCUT2D eigenvalue weighted by molar-refractivity contribution is 5.89. The van der Waals surface area contributed by atoms with Crippen LogP contribution in [0.2, 0.25) is 0 Å². The topological polar surface area (TPSA) is 84.9 Å². The number of ether oxygens (including phenoxy) is 2. The van der Waals surface area contributed by atoms with Crippen molar-refractivity contribution in [1.82, 2.24) is 5.32 Å². The van der Waals surface area contributed by atoms with Gasteiger partial charge in [-0.1, -0.05) is 18.9 Å². The Balaban J connectivity index is 2.23. The molecule has 0 spiro atoms. The van der Waals surface area contributed by atoms with E-state index in [2.05, 4.69) is 5.32 Å². The Hall–Kier alpha value is -2.24. The molecule has 1 aliphatic rings. The summed E-state index contributed by atoms with van der Waals surface area (Å²) in [5.74, 6) is 0.360. The number of hydrogen-bond donors (Lipinski definition) is 2. The van der Waals surface area contributed by atoms with Crippen LogP contribution in [0.4, 0.5) is 0 Å². The van der Waals surface area contributed by atoms with Crippen LogP contribution in [0.25, 0.3) is 0 Å². The highest BCUT2D eigenvalue weighted by Crippen LogP contribution is 2.44. The molecule has 138 valence electrons. The number of aliphatic carboxylic acids is 1. The summed E-state index contributed by atoms with van der Waals surface area (Å²) in [6.07, 6.45) is 4.00. The van der Waals surface area contributed by atoms with E-state index in [0.717, 1.165) is 31.2 Å². The molecule has 2 N–H and O–H groups in total. The highest BCUT2D eigenvalue weighted by Gasteiger charge is 2.43. The molecule has 0 radical (unpaired) electrons. The van der Waals surface area contributed by atoms with E-state index >= 15 is 0 Å². The zero-order chi connectivity index (χ0) is 18.4. The third-order valence-electron chi connectivity index (χ3n) is 5.00. The maximum absolute atomic E-state index is 13.0. The van der Waals surface area contributed by atoms with E-state index in [9.17, 15) is 9.59 Å². The van der Waals surface area contributed by atoms with Crippen LogP contribution in [0.1, 0.15) is 51.0 Å². The molecule has 0 saturated heterocycles. The van der Waals surface area contributed by atoms with Crippen LogP contribution in [0, 0.1) is 0 Å². The number of nitrogens with one attached hydrogen (secondary N) is 1. The predicted octanol–water partition coefficient (Wildman–Crippen LogP) is 2.89. The van der Waals surface area contributed by atoms with Gasteiger partial charge in [-0.2, -0.15) is 0 Å². The molecule has 0 aliphatic heterocycles. The lowest BCUT2D eigenvalue weighted by Gasteiger charge is -2.30. The molecule has 1 unspecified atom stereocenters. The van der Waals surface area contributed by atoms with Gasteiger partial charge in [0.25, 0.3) is 0 Å². The van der Waals surface area contributed by atoms with Gasteiger partial charge < -0.3 is 19.9 Å². The van der Waals surface area contributed by atoms with Gasteiger partial charge in [-0.25, -0.2) is 0 Å². The third-order valence-corrected chi connectivity index (χ3v) is 5.00. The fourth-order valence-electron chi connectivity index (χ4n) is 3.53. The minimum absolute atomic E-state index is 0.0323. The van der Waals surface area contributed by atoms with Gasteiger partial charge in [0.2, 0.25) is 5.91 Å². The molecule has 2 rings (SSSR count). The number of amides is 1. The van der Waals surface area contributed by atoms with Crippen LogP contribution in [0.15, 0.2) is 18.2 Å². The molecule has 1 aliphatic carbocycles. The standard InChI is InChI=1S/C19H27NO5/c1-13(6-9-17(21)22)20-18(23)19(10-4-5-11-19)14-7-8-15(24-2)16(12-14)25-3/h7-8,12-13H,4-6,9-11H2,1-3H3,(H,20,23)(H,21,22). The Morgan fingerprint density at radius 3 is 2.40 bits per heavy atom. The van der Waals surface area contributed by atoms with Crippen molar-refractivity contribution in [3.05, 3.63) is 23.8 Å². The number of carbonyl (C=O) groups excluding carboxylic acids is 1. The largest absolute Gasteiger partial charge is 0.493 e. The normalized spacial score (nSPS) is 16.9. The van der Waals surface area contributed by atoms with Crippen molar-refractivity contribution in [2.24, 2.45) is 0 Å². The summed E-state index contributed by atoms with van der Waals surface area (Å²) in [5.41, 5.74) is 0.336. The lowest BCUT2D eigenvalue weighted by Crippen LogP contribution is -2.46. The first-order chi connectivity index (χ1) is 11.9. The summed E-state index contributed by atoms with van der Waals surface area (Å²) in [6.45, 7) is 1.85. The summed E-state index contributed by atoms with van der Waals surface area (Å²) in [6, 6.07) is 5.45. The Morgan fingerprint density at radius 2 is 1.84 bits per heavy atom. The fraction of sp³-hybridized carbons (Fsp3) is 0.579. The third kappa shape index (κ3) is 4.24. The maximum atomic E-state index is 13.0. The van der Waals surface area contributed by atoms with Crippen molar-refractivity contribution in [3.63, 3.8) is 0 Å². The summed E-state index contributed by atoms with van der Waals surface area (Å²) < 4.78 is 10.7. The lowest BCUT2D eigenvalue weighted by molar-refractivity contribution is -0.137. The molecule has 1 amide bonds. The van der Waals surface area contributed by atoms with Crippen molar-refractivity contribution in [2.75, 3.05) is 14.2 Å². The number of rotatable bonds is 8. The maximum Gasteiger partial charge on any atom is 0.303 e. The van der Waals surface area contributed by atoms with Crippen LogP contribution in [0.5, 0.6) is 11.5 Å². The summed E-state index contributed by atoms with van der Waals surface area (Å²) in [5, 5.41) is 11.8. The first-order valence-electron chi connectivity index (χ1n) is 8.68. The molecule has 6 nitrogen and oxygen atoms in total. The van der Waals surface area contributed by atoms with Gasteiger partial charge in [0, 0.05) is 12.5 Å². The number of methoxy groups -OCH3 is 2. The van der Waals surface area contributed by atoms with E-state index in [1.54, 1.807) is 14.2 Å². The lowest BCUT2D eigenvalue weighted by atomic mass is 9.77. The highest BCUT2D eigenvalue weighted by atomic mass is 16.5. The Morgan fingerprint density at radius 1 is 1.20 bits per heavy atom. The number of carboxylic acids is 1. The Kier molecular flexibility index (Phi) is 6.28. The second-order valence-electron chi connectivity index (χ2n) is 6.67. The summed E-state index contributed by atoms with van der Waals surface area (Å²) in [4.78, 5) is 23.8. The molecular formula is C19H27NO5. The zero-order valence-electron chi connectivity index (χ0n) is 15.1. The van der Waals surface area contributed by atoms with Crippen molar-refractivity contribution in [2.45, 2.75) is 56.9 Å². The summed E-state index contributed by atoms with van der Waals surface area (Å²) in [7, 11) is 3.16. The van der Waals surface area contributed by atoms with E-state index in [-0.39, 0.29) is 18.4 Å². The number of carbonyl (C=O) groups is 2. The van der Waals surface area contributed by atoms with Crippen LogP contribution in [-0.2, 0) is 15.0 Å². The minimum Gasteiger partial charge on any atom is -0.493 e. The first-order valence-corrected chi connectivity index (χ1v) is 8.68. The Bertz CT molecular complexity index is 622. The van der Waals surface area contributed by atoms with Crippen LogP contribution in [-0.4, -0.2) is 37.2 Å². The van der Waals surface area contributed by atoms with Gasteiger partial charge in [-0.05, 0) is 43.9 Å². The molecule has 0 aromatic heterocycles. The van der Waals surface area contributed by atoms with Gasteiger partial charge in [-0.3, -0.25) is 9.59 Å². The molecule has 1 saturated carbocycles. The monoisotopic (exact) mass is 349 g/mol. The van der Waals surface area contributed by atoms with E-state index in [1.807, 2.05) is 25.1 Å². The van der Waals surface area contributed by atoms with Gasteiger partial charge in [0.05, 0.1) is 19.6 Å². The number of carboxylic acid groups (broad SMARTS) is 1. The summed E-state index contributed by atoms with van der Waals surface area (Å²) >= 11 is 0. The number of hydrogen-bond acceptors (Lipinski definition) is 4. The van der Waals surface area contributed by atoms with Gasteiger partial charge >= 0.3 is 5.97 Å². The second-order valence-corrected chi connectivity index (χ2v) is 6.67. The van der Waals surface area contributed by atoms with E-state index in [4.69, 9.17) is 14.6 Å². The smallest absolute Gasteiger partial charge is 0.303 e. The van der Waals surface area contributed by atoms with Crippen molar-refractivity contribution < 1.29 is 24.2 Å². The van der Waals surface area contributed by atoms with Gasteiger partial charge in [0.1, 0.15) is 0 Å². The van der Waals surface area contributed by atoms with E-state index in [1.165, 1.54) is 0 Å². The van der Waals surface area contributed by atoms with Crippen LogP contribution in [0.3, 0.4) is 0 Å². The Labute approximate surface area is 148 Å². The molecule has 1 aromatic carbocycles. The van der Waals surface area contributed by atoms with Crippen molar-refractivity contribution >= 4 is 11.9 Å². The molecule has 1 aromatic rings. The molecular weight excluding hydrogens is 322 g/mol. The zero-order valence-corrected chi connectivity index (χ0v) is 15.1. The average molecular weight is 349 g/mol.